The number of anilines is 1. The lowest BCUT2D eigenvalue weighted by Crippen LogP contribution is -2.08. The largest absolute Gasteiger partial charge is 0.356 e. The second-order valence-corrected chi connectivity index (χ2v) is 3.65. The number of nitrogens with zero attached hydrogens (tertiary/aromatic N) is 4. The van der Waals surface area contributed by atoms with Crippen molar-refractivity contribution in [1.82, 2.24) is 14.8 Å². The molecule has 0 aromatic carbocycles. The van der Waals surface area contributed by atoms with Crippen LogP contribution in [0, 0.1) is 11.3 Å². The summed E-state index contributed by atoms with van der Waals surface area (Å²) >= 11 is 0. The molecule has 2 heterocycles. The van der Waals surface area contributed by atoms with Crippen molar-refractivity contribution in [3.05, 3.63) is 42.4 Å². The summed E-state index contributed by atoms with van der Waals surface area (Å²) in [5.74, 6) is 0.715. The first-order chi connectivity index (χ1) is 8.31. The third-order valence-corrected chi connectivity index (χ3v) is 2.54. The Bertz CT molecular complexity index is 511. The molecule has 2 aromatic rings. The van der Waals surface area contributed by atoms with E-state index in [1.165, 1.54) is 0 Å². The summed E-state index contributed by atoms with van der Waals surface area (Å²) in [6.45, 7) is 2.33. The average Bonchev–Trinajstić information content (AvgIpc) is 2.85. The van der Waals surface area contributed by atoms with Gasteiger partial charge < -0.3 is 5.32 Å². The van der Waals surface area contributed by atoms with Crippen molar-refractivity contribution >= 4 is 5.82 Å². The number of pyridine rings is 1. The molecule has 1 N–H and O–H groups in total. The number of nitrogens with one attached hydrogen (secondary N) is 1. The van der Waals surface area contributed by atoms with E-state index in [0.717, 1.165) is 5.56 Å². The van der Waals surface area contributed by atoms with Gasteiger partial charge in [-0.15, -0.1) is 0 Å². The Morgan fingerprint density at radius 1 is 1.41 bits per heavy atom. The monoisotopic (exact) mass is 227 g/mol. The summed E-state index contributed by atoms with van der Waals surface area (Å²) in [6, 6.07) is 7.96. The molecule has 17 heavy (non-hydrogen) atoms. The highest BCUT2D eigenvalue weighted by Crippen LogP contribution is 2.17. The molecule has 2 aromatic heterocycles. The van der Waals surface area contributed by atoms with Crippen LogP contribution in [-0.2, 0) is 0 Å². The summed E-state index contributed by atoms with van der Waals surface area (Å²) in [7, 11) is 0. The molecule has 0 bridgehead atoms. The molecule has 0 aliphatic carbocycles. The lowest BCUT2D eigenvalue weighted by atomic mass is 10.1. The summed E-state index contributed by atoms with van der Waals surface area (Å²) in [5.41, 5.74) is 1.15. The van der Waals surface area contributed by atoms with Gasteiger partial charge in [0, 0.05) is 24.7 Å². The molecule has 0 aliphatic rings. The maximum Gasteiger partial charge on any atom is 0.148 e. The van der Waals surface area contributed by atoms with Crippen LogP contribution in [0.25, 0.3) is 0 Å². The Morgan fingerprint density at radius 2 is 2.18 bits per heavy atom. The smallest absolute Gasteiger partial charge is 0.148 e. The van der Waals surface area contributed by atoms with E-state index in [2.05, 4.69) is 22.3 Å². The van der Waals surface area contributed by atoms with Crippen LogP contribution in [0.5, 0.6) is 0 Å². The topological polar surface area (TPSA) is 66.5 Å². The summed E-state index contributed by atoms with van der Waals surface area (Å²) < 4.78 is 1.86. The molecule has 0 radical (unpaired) electrons. The summed E-state index contributed by atoms with van der Waals surface area (Å²) in [6.07, 6.45) is 5.43. The van der Waals surface area contributed by atoms with Crippen LogP contribution in [0.3, 0.4) is 0 Å². The van der Waals surface area contributed by atoms with Gasteiger partial charge in [-0.25, -0.2) is 0 Å². The van der Waals surface area contributed by atoms with E-state index in [-0.39, 0.29) is 12.6 Å². The highest BCUT2D eigenvalue weighted by molar-refractivity contribution is 5.33. The third-order valence-electron chi connectivity index (χ3n) is 2.54. The van der Waals surface area contributed by atoms with E-state index in [9.17, 15) is 0 Å². The fraction of sp³-hybridized carbons (Fsp3) is 0.250. The van der Waals surface area contributed by atoms with Crippen LogP contribution >= 0.6 is 0 Å². The molecule has 2 rings (SSSR count). The molecule has 0 saturated heterocycles. The molecule has 0 spiro atoms. The van der Waals surface area contributed by atoms with Gasteiger partial charge in [0.2, 0.25) is 0 Å². The zero-order valence-electron chi connectivity index (χ0n) is 9.54. The molecule has 0 fully saturated rings. The minimum atomic E-state index is 0.149. The van der Waals surface area contributed by atoms with Crippen molar-refractivity contribution < 1.29 is 0 Å². The standard InChI is InChI=1S/C12H13N5/c1-10(11-2-6-14-7-3-11)17-9-4-12(16-17)15-8-5-13/h2-4,6-7,9-10H,8H2,1H3,(H,15,16). The Hall–Kier alpha value is -2.35. The van der Waals surface area contributed by atoms with E-state index >= 15 is 0 Å². The molecule has 5 nitrogen and oxygen atoms in total. The van der Waals surface area contributed by atoms with Crippen LogP contribution in [-0.4, -0.2) is 21.3 Å². The van der Waals surface area contributed by atoms with Crippen molar-refractivity contribution in [2.45, 2.75) is 13.0 Å². The lowest BCUT2D eigenvalue weighted by molar-refractivity contribution is 0.565. The van der Waals surface area contributed by atoms with Crippen LogP contribution in [0.2, 0.25) is 0 Å². The van der Waals surface area contributed by atoms with Crippen molar-refractivity contribution in [3.63, 3.8) is 0 Å². The normalized spacial score (nSPS) is 11.8. The molecule has 0 aliphatic heterocycles. The van der Waals surface area contributed by atoms with Gasteiger partial charge in [-0.1, -0.05) is 0 Å². The van der Waals surface area contributed by atoms with Gasteiger partial charge in [-0.3, -0.25) is 9.67 Å². The van der Waals surface area contributed by atoms with Gasteiger partial charge in [-0.2, -0.15) is 10.4 Å². The predicted octanol–water partition coefficient (Wildman–Crippen LogP) is 1.82. The molecule has 86 valence electrons. The number of aromatic nitrogens is 3. The van der Waals surface area contributed by atoms with Crippen molar-refractivity contribution in [2.75, 3.05) is 11.9 Å². The molecule has 1 atom stereocenters. The number of rotatable bonds is 4. The van der Waals surface area contributed by atoms with Gasteiger partial charge in [0.15, 0.2) is 0 Å². The Balaban J connectivity index is 2.13. The first kappa shape index (κ1) is 11.1. The summed E-state index contributed by atoms with van der Waals surface area (Å²) in [5, 5.41) is 15.7. The van der Waals surface area contributed by atoms with Crippen molar-refractivity contribution in [3.8, 4) is 6.07 Å². The van der Waals surface area contributed by atoms with Gasteiger partial charge in [0.1, 0.15) is 12.4 Å². The van der Waals surface area contributed by atoms with Crippen LogP contribution in [0.1, 0.15) is 18.5 Å². The highest BCUT2D eigenvalue weighted by Gasteiger charge is 2.08. The number of nitriles is 1. The Labute approximate surface area is 99.7 Å². The van der Waals surface area contributed by atoms with E-state index in [1.807, 2.05) is 35.1 Å². The molecule has 0 saturated carbocycles. The number of hydrogen-bond donors (Lipinski definition) is 1. The molecular formula is C12H13N5. The number of hydrogen-bond acceptors (Lipinski definition) is 4. The maximum atomic E-state index is 8.47. The lowest BCUT2D eigenvalue weighted by Gasteiger charge is -2.11. The molecular weight excluding hydrogens is 214 g/mol. The van der Waals surface area contributed by atoms with E-state index in [0.29, 0.717) is 5.82 Å². The second kappa shape index (κ2) is 5.12. The van der Waals surface area contributed by atoms with Gasteiger partial charge in [-0.05, 0) is 24.6 Å². The van der Waals surface area contributed by atoms with Gasteiger partial charge >= 0.3 is 0 Å². The Morgan fingerprint density at radius 3 is 2.88 bits per heavy atom. The van der Waals surface area contributed by atoms with Crippen molar-refractivity contribution in [1.29, 1.82) is 5.26 Å². The highest BCUT2D eigenvalue weighted by atomic mass is 15.3. The second-order valence-electron chi connectivity index (χ2n) is 3.65. The van der Waals surface area contributed by atoms with Crippen molar-refractivity contribution in [2.24, 2.45) is 0 Å². The van der Waals surface area contributed by atoms with E-state index in [4.69, 9.17) is 5.26 Å². The first-order valence-corrected chi connectivity index (χ1v) is 5.37. The third kappa shape index (κ3) is 2.61. The minimum Gasteiger partial charge on any atom is -0.356 e. The molecule has 0 amide bonds. The Kier molecular flexibility index (Phi) is 3.36. The van der Waals surface area contributed by atoms with E-state index < -0.39 is 0 Å². The molecule has 5 heteroatoms. The maximum absolute atomic E-state index is 8.47. The fourth-order valence-corrected chi connectivity index (χ4v) is 1.57. The summed E-state index contributed by atoms with van der Waals surface area (Å²) in [4.78, 5) is 3.99. The molecule has 1 unspecified atom stereocenters. The van der Waals surface area contributed by atoms with E-state index in [1.54, 1.807) is 12.4 Å². The predicted molar refractivity (Wildman–Crippen MR) is 64.4 cm³/mol. The average molecular weight is 227 g/mol. The van der Waals surface area contributed by atoms with Gasteiger partial charge in [0.05, 0.1) is 12.1 Å². The van der Waals surface area contributed by atoms with Crippen LogP contribution in [0.4, 0.5) is 5.82 Å². The first-order valence-electron chi connectivity index (χ1n) is 5.37. The zero-order valence-corrected chi connectivity index (χ0v) is 9.54. The van der Waals surface area contributed by atoms with Crippen LogP contribution < -0.4 is 5.32 Å². The zero-order chi connectivity index (χ0) is 12.1. The van der Waals surface area contributed by atoms with Crippen LogP contribution in [0.15, 0.2) is 36.8 Å². The fourth-order valence-electron chi connectivity index (χ4n) is 1.57. The quantitative estimate of drug-likeness (QED) is 0.809. The minimum absolute atomic E-state index is 0.149. The SMILES string of the molecule is CC(c1ccncc1)n1ccc(NCC#N)n1. The van der Waals surface area contributed by atoms with Gasteiger partial charge in [0.25, 0.3) is 0 Å².